The number of aryl methyl sites for hydroxylation is 2. The highest BCUT2D eigenvalue weighted by atomic mass is 32.2. The van der Waals surface area contributed by atoms with Crippen LogP contribution in [-0.2, 0) is 23.5 Å². The summed E-state index contributed by atoms with van der Waals surface area (Å²) < 4.78 is 35.5. The Morgan fingerprint density at radius 1 is 1.24 bits per heavy atom. The molecular weight excluding hydrogens is 458 g/mol. The van der Waals surface area contributed by atoms with Gasteiger partial charge in [-0.25, -0.2) is 13.4 Å². The molecule has 0 amide bonds. The maximum absolute atomic E-state index is 13.4. The van der Waals surface area contributed by atoms with Crippen molar-refractivity contribution < 1.29 is 18.3 Å². The summed E-state index contributed by atoms with van der Waals surface area (Å²) in [5.74, 6) is 0.798. The molecule has 0 atom stereocenters. The molecule has 0 bridgehead atoms. The molecule has 0 aliphatic carbocycles. The number of rotatable bonds is 8. The van der Waals surface area contributed by atoms with Gasteiger partial charge in [0.1, 0.15) is 17.1 Å². The number of piperidine rings is 1. The predicted molar refractivity (Wildman–Crippen MR) is 128 cm³/mol. The summed E-state index contributed by atoms with van der Waals surface area (Å²) in [6.07, 6.45) is 2.75. The van der Waals surface area contributed by atoms with E-state index in [0.717, 1.165) is 12.1 Å². The molecular formula is C23H31N5O5S. The van der Waals surface area contributed by atoms with Gasteiger partial charge in [0.05, 0.1) is 22.8 Å². The Hall–Kier alpha value is -2.76. The maximum Gasteiger partial charge on any atom is 0.277 e. The smallest absolute Gasteiger partial charge is 0.277 e. The second-order valence-corrected chi connectivity index (χ2v) is 10.5. The number of hydrogen-bond acceptors (Lipinski definition) is 7. The van der Waals surface area contributed by atoms with Gasteiger partial charge in [0.2, 0.25) is 10.0 Å². The molecule has 3 aromatic rings. The maximum atomic E-state index is 13.4. The number of aliphatic hydroxyl groups excluding tert-OH is 1. The van der Waals surface area contributed by atoms with E-state index in [1.807, 2.05) is 13.8 Å². The van der Waals surface area contributed by atoms with Crippen LogP contribution in [0, 0.1) is 5.92 Å². The fourth-order valence-corrected chi connectivity index (χ4v) is 5.89. The van der Waals surface area contributed by atoms with Crippen molar-refractivity contribution in [3.63, 3.8) is 0 Å². The number of aromatic amines is 1. The number of hydrogen-bond donors (Lipinski definition) is 2. The van der Waals surface area contributed by atoms with Crippen molar-refractivity contribution >= 4 is 21.1 Å². The molecule has 1 aliphatic rings. The van der Waals surface area contributed by atoms with Gasteiger partial charge in [-0.3, -0.25) is 9.48 Å². The van der Waals surface area contributed by atoms with Gasteiger partial charge in [-0.1, -0.05) is 13.3 Å². The van der Waals surface area contributed by atoms with Crippen LogP contribution in [0.25, 0.3) is 22.4 Å². The Balaban J connectivity index is 1.82. The van der Waals surface area contributed by atoms with E-state index in [9.17, 15) is 18.3 Å². The second kappa shape index (κ2) is 9.85. The number of benzene rings is 1. The topological polar surface area (TPSA) is 130 Å². The molecule has 1 saturated heterocycles. The number of ether oxygens (including phenoxy) is 1. The van der Waals surface area contributed by atoms with Gasteiger partial charge in [-0.05, 0) is 50.3 Å². The normalized spacial score (nSPS) is 15.8. The average Bonchev–Trinajstić information content (AvgIpc) is 3.15. The molecule has 1 aliphatic heterocycles. The standard InChI is InChI=1S/C23H31N5O5S/c1-4-6-18-20-21(27(3)26-18)23(30)25-22(24-20)17-13-16(7-8-19(17)33-5-2)34(31,32)28-11-9-15(14-29)10-12-28/h7-8,13,15,29H,4-6,9-12,14H2,1-3H3,(H,24,25,30). The van der Waals surface area contributed by atoms with Gasteiger partial charge in [-0.15, -0.1) is 0 Å². The summed E-state index contributed by atoms with van der Waals surface area (Å²) in [6.45, 7) is 5.00. The minimum Gasteiger partial charge on any atom is -0.493 e. The molecule has 1 fully saturated rings. The lowest BCUT2D eigenvalue weighted by molar-refractivity contribution is 0.170. The number of sulfonamides is 1. The molecule has 2 aromatic heterocycles. The number of nitrogens with one attached hydrogen (secondary N) is 1. The minimum absolute atomic E-state index is 0.0664. The number of aromatic nitrogens is 4. The average molecular weight is 490 g/mol. The molecule has 2 N–H and O–H groups in total. The SMILES string of the molecule is CCCc1nn(C)c2c(=O)[nH]c(-c3cc(S(=O)(=O)N4CCC(CO)CC4)ccc3OCC)nc12. The molecule has 10 nitrogen and oxygen atoms in total. The Labute approximate surface area is 198 Å². The highest BCUT2D eigenvalue weighted by molar-refractivity contribution is 7.89. The summed E-state index contributed by atoms with van der Waals surface area (Å²) in [5, 5.41) is 13.8. The van der Waals surface area contributed by atoms with Crippen molar-refractivity contribution in [3.05, 3.63) is 34.2 Å². The van der Waals surface area contributed by atoms with Crippen molar-refractivity contribution in [1.29, 1.82) is 0 Å². The summed E-state index contributed by atoms with van der Waals surface area (Å²) in [5.41, 5.74) is 1.66. The zero-order valence-corrected chi connectivity index (χ0v) is 20.6. The van der Waals surface area contributed by atoms with Crippen LogP contribution < -0.4 is 10.3 Å². The Morgan fingerprint density at radius 2 is 1.97 bits per heavy atom. The monoisotopic (exact) mass is 489 g/mol. The highest BCUT2D eigenvalue weighted by Gasteiger charge is 2.30. The lowest BCUT2D eigenvalue weighted by atomic mass is 10.00. The van der Waals surface area contributed by atoms with Crippen LogP contribution in [0.3, 0.4) is 0 Å². The van der Waals surface area contributed by atoms with Crippen LogP contribution in [0.2, 0.25) is 0 Å². The van der Waals surface area contributed by atoms with Crippen LogP contribution in [0.4, 0.5) is 0 Å². The first kappa shape index (κ1) is 24.4. The molecule has 184 valence electrons. The fraction of sp³-hybridized carbons (Fsp3) is 0.522. The number of aliphatic hydroxyl groups is 1. The van der Waals surface area contributed by atoms with Crippen LogP contribution in [0.5, 0.6) is 5.75 Å². The molecule has 34 heavy (non-hydrogen) atoms. The summed E-state index contributed by atoms with van der Waals surface area (Å²) in [6, 6.07) is 4.64. The van der Waals surface area contributed by atoms with Crippen molar-refractivity contribution in [2.24, 2.45) is 13.0 Å². The summed E-state index contributed by atoms with van der Waals surface area (Å²) in [7, 11) is -2.06. The second-order valence-electron chi connectivity index (χ2n) is 8.55. The third-order valence-corrected chi connectivity index (χ3v) is 8.12. The largest absolute Gasteiger partial charge is 0.493 e. The Morgan fingerprint density at radius 3 is 2.62 bits per heavy atom. The zero-order chi connectivity index (χ0) is 24.5. The predicted octanol–water partition coefficient (Wildman–Crippen LogP) is 2.07. The first-order valence-electron chi connectivity index (χ1n) is 11.6. The van der Waals surface area contributed by atoms with E-state index >= 15 is 0 Å². The Bertz CT molecular complexity index is 1340. The van der Waals surface area contributed by atoms with Gasteiger partial charge >= 0.3 is 0 Å². The van der Waals surface area contributed by atoms with Gasteiger partial charge in [-0.2, -0.15) is 9.40 Å². The molecule has 1 aromatic carbocycles. The van der Waals surface area contributed by atoms with Crippen molar-refractivity contribution in [2.75, 3.05) is 26.3 Å². The first-order chi connectivity index (χ1) is 16.3. The molecule has 0 spiro atoms. The van der Waals surface area contributed by atoms with E-state index in [0.29, 0.717) is 61.3 Å². The molecule has 3 heterocycles. The van der Waals surface area contributed by atoms with E-state index in [1.165, 1.54) is 21.1 Å². The fourth-order valence-electron chi connectivity index (χ4n) is 4.40. The Kier molecular flexibility index (Phi) is 7.06. The van der Waals surface area contributed by atoms with E-state index < -0.39 is 10.0 Å². The van der Waals surface area contributed by atoms with Crippen molar-refractivity contribution in [1.82, 2.24) is 24.1 Å². The minimum atomic E-state index is -3.76. The number of fused-ring (bicyclic) bond motifs is 1. The van der Waals surface area contributed by atoms with Gasteiger partial charge in [0, 0.05) is 26.7 Å². The van der Waals surface area contributed by atoms with Crippen molar-refractivity contribution in [2.45, 2.75) is 44.4 Å². The van der Waals surface area contributed by atoms with E-state index in [1.54, 1.807) is 13.1 Å². The van der Waals surface area contributed by atoms with Gasteiger partial charge < -0.3 is 14.8 Å². The molecule has 0 saturated carbocycles. The van der Waals surface area contributed by atoms with E-state index in [4.69, 9.17) is 9.72 Å². The highest BCUT2D eigenvalue weighted by Crippen LogP contribution is 2.33. The lowest BCUT2D eigenvalue weighted by Gasteiger charge is -2.30. The van der Waals surface area contributed by atoms with Gasteiger partial charge in [0.25, 0.3) is 5.56 Å². The van der Waals surface area contributed by atoms with Crippen LogP contribution in [0.1, 0.15) is 38.8 Å². The molecule has 11 heteroatoms. The quantitative estimate of drug-likeness (QED) is 0.495. The van der Waals surface area contributed by atoms with Crippen molar-refractivity contribution in [3.8, 4) is 17.1 Å². The zero-order valence-electron chi connectivity index (χ0n) is 19.7. The molecule has 4 rings (SSSR count). The van der Waals surface area contributed by atoms with Crippen LogP contribution in [0.15, 0.2) is 27.9 Å². The van der Waals surface area contributed by atoms with Crippen LogP contribution >= 0.6 is 0 Å². The third-order valence-electron chi connectivity index (χ3n) is 6.22. The van der Waals surface area contributed by atoms with Gasteiger partial charge in [0.15, 0.2) is 5.52 Å². The first-order valence-corrected chi connectivity index (χ1v) is 13.1. The third kappa shape index (κ3) is 4.47. The summed E-state index contributed by atoms with van der Waals surface area (Å²) in [4.78, 5) is 20.5. The van der Waals surface area contributed by atoms with E-state index in [-0.39, 0.29) is 28.8 Å². The van der Waals surface area contributed by atoms with Crippen LogP contribution in [-0.4, -0.2) is 63.9 Å². The molecule has 0 unspecified atom stereocenters. The molecule has 0 radical (unpaired) electrons. The van der Waals surface area contributed by atoms with E-state index in [2.05, 4.69) is 10.1 Å². The number of H-pyrrole nitrogens is 1. The lowest BCUT2D eigenvalue weighted by Crippen LogP contribution is -2.39. The number of nitrogens with zero attached hydrogens (tertiary/aromatic N) is 4. The summed E-state index contributed by atoms with van der Waals surface area (Å²) >= 11 is 0.